The minimum Gasteiger partial charge on any atom is -0.458 e. The van der Waals surface area contributed by atoms with Gasteiger partial charge in [0.05, 0.1) is 16.6 Å². The van der Waals surface area contributed by atoms with Crippen molar-refractivity contribution in [3.8, 4) is 11.6 Å². The summed E-state index contributed by atoms with van der Waals surface area (Å²) in [6.45, 7) is 2.10. The Balaban J connectivity index is 1.83. The highest BCUT2D eigenvalue weighted by Crippen LogP contribution is 2.31. The third-order valence-electron chi connectivity index (χ3n) is 4.21. The summed E-state index contributed by atoms with van der Waals surface area (Å²) in [6, 6.07) is 16.5. The van der Waals surface area contributed by atoms with E-state index in [9.17, 15) is 13.2 Å². The zero-order valence-electron chi connectivity index (χ0n) is 13.9. The van der Waals surface area contributed by atoms with Crippen LogP contribution in [0.25, 0.3) is 22.6 Å². The van der Waals surface area contributed by atoms with Gasteiger partial charge in [-0.1, -0.05) is 24.3 Å². The van der Waals surface area contributed by atoms with Crippen molar-refractivity contribution in [3.05, 3.63) is 77.6 Å². The van der Waals surface area contributed by atoms with Crippen LogP contribution in [0.2, 0.25) is 0 Å². The summed E-state index contributed by atoms with van der Waals surface area (Å²) in [5.41, 5.74) is 1.50. The molecule has 0 aliphatic carbocycles. The number of para-hydroxylation sites is 2. The van der Waals surface area contributed by atoms with Crippen molar-refractivity contribution in [1.82, 2.24) is 9.55 Å². The quantitative estimate of drug-likeness (QED) is 0.473. The van der Waals surface area contributed by atoms with Gasteiger partial charge in [-0.3, -0.25) is 0 Å². The van der Waals surface area contributed by atoms with E-state index >= 15 is 0 Å². The Labute approximate surface area is 147 Å². The van der Waals surface area contributed by atoms with E-state index in [2.05, 4.69) is 4.98 Å². The van der Waals surface area contributed by atoms with Crippen LogP contribution in [0.1, 0.15) is 16.9 Å². The smallest absolute Gasteiger partial charge is 0.416 e. The van der Waals surface area contributed by atoms with E-state index in [0.29, 0.717) is 17.1 Å². The molecule has 4 aromatic rings. The molecule has 26 heavy (non-hydrogen) atoms. The van der Waals surface area contributed by atoms with Gasteiger partial charge in [0.1, 0.15) is 5.76 Å². The van der Waals surface area contributed by atoms with Gasteiger partial charge in [-0.25, -0.2) is 4.98 Å². The molecule has 0 atom stereocenters. The fourth-order valence-corrected chi connectivity index (χ4v) is 3.01. The maximum atomic E-state index is 13.0. The van der Waals surface area contributed by atoms with Gasteiger partial charge >= 0.3 is 6.18 Å². The van der Waals surface area contributed by atoms with Crippen LogP contribution in [0.15, 0.2) is 65.1 Å². The molecule has 0 fully saturated rings. The molecule has 132 valence electrons. The first-order chi connectivity index (χ1) is 12.4. The molecule has 0 bridgehead atoms. The second kappa shape index (κ2) is 6.05. The van der Waals surface area contributed by atoms with Crippen molar-refractivity contribution in [2.75, 3.05) is 0 Å². The monoisotopic (exact) mass is 356 g/mol. The number of hydrogen-bond donors (Lipinski definition) is 0. The van der Waals surface area contributed by atoms with Gasteiger partial charge in [0.25, 0.3) is 0 Å². The second-order valence-corrected chi connectivity index (χ2v) is 6.12. The summed E-state index contributed by atoms with van der Waals surface area (Å²) in [4.78, 5) is 4.61. The molecule has 3 nitrogen and oxygen atoms in total. The van der Waals surface area contributed by atoms with Crippen LogP contribution in [0.5, 0.6) is 0 Å². The summed E-state index contributed by atoms with van der Waals surface area (Å²) in [6.07, 6.45) is -4.37. The normalized spacial score (nSPS) is 12.0. The summed E-state index contributed by atoms with van der Waals surface area (Å²) in [7, 11) is 0. The van der Waals surface area contributed by atoms with Crippen LogP contribution in [-0.4, -0.2) is 9.55 Å². The van der Waals surface area contributed by atoms with Gasteiger partial charge in [-0.2, -0.15) is 13.2 Å². The predicted octanol–water partition coefficient (Wildman–Crippen LogP) is 5.67. The number of alkyl halides is 3. The SMILES string of the molecule is Cc1ccc(-c2nc3ccccc3n2Cc2cccc(C(F)(F)F)c2)o1. The molecule has 2 heterocycles. The molecular weight excluding hydrogens is 341 g/mol. The number of fused-ring (bicyclic) bond motifs is 1. The molecule has 0 saturated carbocycles. The zero-order valence-corrected chi connectivity index (χ0v) is 13.9. The van der Waals surface area contributed by atoms with Gasteiger partial charge in [0, 0.05) is 6.54 Å². The first-order valence-corrected chi connectivity index (χ1v) is 8.10. The number of halogens is 3. The lowest BCUT2D eigenvalue weighted by Gasteiger charge is -2.11. The van der Waals surface area contributed by atoms with E-state index < -0.39 is 11.7 Å². The van der Waals surface area contributed by atoms with E-state index in [4.69, 9.17) is 4.42 Å². The maximum Gasteiger partial charge on any atom is 0.416 e. The molecule has 0 radical (unpaired) electrons. The number of hydrogen-bond acceptors (Lipinski definition) is 2. The highest BCUT2D eigenvalue weighted by atomic mass is 19.4. The van der Waals surface area contributed by atoms with Gasteiger partial charge in [0.2, 0.25) is 0 Å². The number of rotatable bonds is 3. The second-order valence-electron chi connectivity index (χ2n) is 6.12. The summed E-state index contributed by atoms with van der Waals surface area (Å²) in [5.74, 6) is 1.93. The van der Waals surface area contributed by atoms with Crippen LogP contribution in [-0.2, 0) is 12.7 Å². The highest BCUT2D eigenvalue weighted by Gasteiger charge is 2.30. The third kappa shape index (κ3) is 2.98. The van der Waals surface area contributed by atoms with Crippen LogP contribution in [0.3, 0.4) is 0 Å². The minimum atomic E-state index is -4.37. The van der Waals surface area contributed by atoms with Gasteiger partial charge < -0.3 is 8.98 Å². The highest BCUT2D eigenvalue weighted by molar-refractivity contribution is 5.79. The number of nitrogens with zero attached hydrogens (tertiary/aromatic N) is 2. The Morgan fingerprint density at radius 3 is 2.54 bits per heavy atom. The van der Waals surface area contributed by atoms with E-state index in [-0.39, 0.29) is 6.54 Å². The van der Waals surface area contributed by atoms with E-state index in [1.165, 1.54) is 12.1 Å². The lowest BCUT2D eigenvalue weighted by molar-refractivity contribution is -0.137. The van der Waals surface area contributed by atoms with E-state index in [1.54, 1.807) is 6.07 Å². The summed E-state index contributed by atoms with van der Waals surface area (Å²) in [5, 5.41) is 0. The Bertz CT molecular complexity index is 1080. The van der Waals surface area contributed by atoms with Crippen molar-refractivity contribution in [1.29, 1.82) is 0 Å². The predicted molar refractivity (Wildman–Crippen MR) is 92.7 cm³/mol. The van der Waals surface area contributed by atoms with E-state index in [1.807, 2.05) is 47.9 Å². The van der Waals surface area contributed by atoms with Crippen LogP contribution >= 0.6 is 0 Å². The molecule has 6 heteroatoms. The Morgan fingerprint density at radius 2 is 1.81 bits per heavy atom. The van der Waals surface area contributed by atoms with Gasteiger partial charge in [-0.05, 0) is 48.9 Å². The number of benzene rings is 2. The Kier molecular flexibility index (Phi) is 3.83. The lowest BCUT2D eigenvalue weighted by atomic mass is 10.1. The third-order valence-corrected chi connectivity index (χ3v) is 4.21. The maximum absolute atomic E-state index is 13.0. The van der Waals surface area contributed by atoms with E-state index in [0.717, 1.165) is 22.9 Å². The molecule has 0 amide bonds. The average molecular weight is 356 g/mol. The molecule has 2 aromatic heterocycles. The molecule has 2 aromatic carbocycles. The molecule has 0 spiro atoms. The topological polar surface area (TPSA) is 31.0 Å². The fraction of sp³-hybridized carbons (Fsp3) is 0.150. The molecule has 0 aliphatic heterocycles. The van der Waals surface area contributed by atoms with Gasteiger partial charge in [-0.15, -0.1) is 0 Å². The number of aromatic nitrogens is 2. The summed E-state index contributed by atoms with van der Waals surface area (Å²) < 4.78 is 46.6. The molecule has 4 rings (SSSR count). The van der Waals surface area contributed by atoms with Crippen LogP contribution in [0, 0.1) is 6.92 Å². The Morgan fingerprint density at radius 1 is 1.00 bits per heavy atom. The fourth-order valence-electron chi connectivity index (χ4n) is 3.01. The standard InChI is InChI=1S/C20H15F3N2O/c1-13-9-10-18(26-13)19-24-16-7-2-3-8-17(16)25(19)12-14-5-4-6-15(11-14)20(21,22)23/h2-11H,12H2,1H3. The average Bonchev–Trinajstić information content (AvgIpc) is 3.19. The largest absolute Gasteiger partial charge is 0.458 e. The molecular formula is C20H15F3N2O. The van der Waals surface area contributed by atoms with Crippen LogP contribution in [0.4, 0.5) is 13.2 Å². The summed E-state index contributed by atoms with van der Waals surface area (Å²) >= 11 is 0. The molecule has 0 N–H and O–H groups in total. The van der Waals surface area contributed by atoms with Crippen molar-refractivity contribution >= 4 is 11.0 Å². The lowest BCUT2D eigenvalue weighted by Crippen LogP contribution is -2.07. The number of aryl methyl sites for hydroxylation is 1. The van der Waals surface area contributed by atoms with Crippen molar-refractivity contribution in [2.45, 2.75) is 19.6 Å². The van der Waals surface area contributed by atoms with Crippen LogP contribution < -0.4 is 0 Å². The number of furan rings is 1. The minimum absolute atomic E-state index is 0.263. The number of imidazole rings is 1. The first kappa shape index (κ1) is 16.4. The molecule has 0 aliphatic rings. The van der Waals surface area contributed by atoms with Crippen molar-refractivity contribution < 1.29 is 17.6 Å². The molecule has 0 saturated heterocycles. The van der Waals surface area contributed by atoms with Crippen molar-refractivity contribution in [3.63, 3.8) is 0 Å². The zero-order chi connectivity index (χ0) is 18.3. The Hall–Kier alpha value is -3.02. The first-order valence-electron chi connectivity index (χ1n) is 8.10. The van der Waals surface area contributed by atoms with Crippen molar-refractivity contribution in [2.24, 2.45) is 0 Å². The van der Waals surface area contributed by atoms with Gasteiger partial charge in [0.15, 0.2) is 11.6 Å². The molecule has 0 unspecified atom stereocenters.